The second-order valence-corrected chi connectivity index (χ2v) is 4.30. The molecule has 1 fully saturated rings. The van der Waals surface area contributed by atoms with Crippen LogP contribution in [-0.2, 0) is 16.1 Å². The lowest BCUT2D eigenvalue weighted by atomic mass is 9.90. The Bertz CT molecular complexity index is 617. The summed E-state index contributed by atoms with van der Waals surface area (Å²) in [6.45, 7) is 4.52. The zero-order valence-electron chi connectivity index (χ0n) is 11.6. The number of hydrogen-bond donors (Lipinski definition) is 1. The van der Waals surface area contributed by atoms with Crippen molar-refractivity contribution in [1.29, 1.82) is 0 Å². The first-order chi connectivity index (χ1) is 9.75. The van der Waals surface area contributed by atoms with E-state index in [0.717, 1.165) is 11.3 Å². The van der Waals surface area contributed by atoms with Crippen LogP contribution in [0.2, 0.25) is 0 Å². The fraction of sp³-hybridized carbons (Fsp3) is 0.400. The molecule has 0 aliphatic carbocycles. The highest BCUT2D eigenvalue weighted by Gasteiger charge is 2.30. The topological polar surface area (TPSA) is 64.0 Å². The molecule has 2 amide bonds. The van der Waals surface area contributed by atoms with Gasteiger partial charge in [-0.05, 0) is 18.6 Å². The van der Waals surface area contributed by atoms with Crippen molar-refractivity contribution in [2.75, 3.05) is 0 Å². The summed E-state index contributed by atoms with van der Waals surface area (Å²) < 4.78 is 1.77. The Labute approximate surface area is 118 Å². The second-order valence-electron chi connectivity index (χ2n) is 4.30. The summed E-state index contributed by atoms with van der Waals surface area (Å²) in [4.78, 5) is 23.0. The number of piperidine rings is 1. The molecule has 2 aliphatic rings. The van der Waals surface area contributed by atoms with Crippen molar-refractivity contribution in [3.8, 4) is 11.8 Å². The largest absolute Gasteiger partial charge is 0.296 e. The second kappa shape index (κ2) is 6.20. The fourth-order valence-corrected chi connectivity index (χ4v) is 2.28. The van der Waals surface area contributed by atoms with Crippen molar-refractivity contribution in [3.05, 3.63) is 23.5 Å². The van der Waals surface area contributed by atoms with Crippen LogP contribution < -0.4 is 5.32 Å². The van der Waals surface area contributed by atoms with Crippen LogP contribution >= 0.6 is 0 Å². The molecule has 3 heterocycles. The average molecular weight is 271 g/mol. The minimum absolute atomic E-state index is 0.201. The van der Waals surface area contributed by atoms with Crippen LogP contribution in [0.3, 0.4) is 0 Å². The van der Waals surface area contributed by atoms with Gasteiger partial charge in [-0.2, -0.15) is 5.10 Å². The average Bonchev–Trinajstić information content (AvgIpc) is 2.70. The maximum Gasteiger partial charge on any atom is 0.234 e. The number of hydrogen-bond acceptors (Lipinski definition) is 3. The van der Waals surface area contributed by atoms with Crippen LogP contribution in [0.4, 0.5) is 0 Å². The number of nitrogens with one attached hydrogen (secondary N) is 1. The lowest BCUT2D eigenvalue weighted by Gasteiger charge is -2.20. The molecular formula is C15H17N3O2. The van der Waals surface area contributed by atoms with Crippen molar-refractivity contribution in [2.24, 2.45) is 0 Å². The van der Waals surface area contributed by atoms with Crippen molar-refractivity contribution >= 4 is 17.9 Å². The molecule has 1 aromatic heterocycles. The highest BCUT2D eigenvalue weighted by molar-refractivity contribution is 6.01. The molecule has 0 saturated carbocycles. The Hall–Kier alpha value is -2.35. The molecule has 1 N–H and O–H groups in total. The zero-order valence-corrected chi connectivity index (χ0v) is 11.6. The van der Waals surface area contributed by atoms with Gasteiger partial charge in [0.05, 0.1) is 17.8 Å². The van der Waals surface area contributed by atoms with E-state index in [2.05, 4.69) is 22.3 Å². The maximum absolute atomic E-state index is 11.9. The quantitative estimate of drug-likeness (QED) is 0.621. The van der Waals surface area contributed by atoms with Gasteiger partial charge in [0, 0.05) is 12.0 Å². The molecule has 0 aromatic carbocycles. The van der Waals surface area contributed by atoms with Crippen LogP contribution in [0.25, 0.3) is 6.08 Å². The summed E-state index contributed by atoms with van der Waals surface area (Å²) in [5.74, 6) is 5.10. The first-order valence-electron chi connectivity index (χ1n) is 6.80. The van der Waals surface area contributed by atoms with E-state index in [-0.39, 0.29) is 17.7 Å². The van der Waals surface area contributed by atoms with Crippen LogP contribution in [0.5, 0.6) is 0 Å². The molecule has 0 spiro atoms. The predicted molar refractivity (Wildman–Crippen MR) is 75.5 cm³/mol. The third-order valence-corrected chi connectivity index (χ3v) is 3.18. The Balaban J connectivity index is 0.000000704. The number of carbonyl (C=O) groups is 2. The van der Waals surface area contributed by atoms with Crippen LogP contribution in [0, 0.1) is 11.8 Å². The molecule has 5 nitrogen and oxygen atoms in total. The SMILES string of the molecule is CC.O=C1CCC(c2cnn3c2C=CC#CC3)C(=O)N1. The van der Waals surface area contributed by atoms with Gasteiger partial charge in [-0.25, -0.2) is 0 Å². The van der Waals surface area contributed by atoms with E-state index in [1.54, 1.807) is 17.0 Å². The van der Waals surface area contributed by atoms with Gasteiger partial charge in [-0.3, -0.25) is 19.6 Å². The molecule has 1 saturated heterocycles. The van der Waals surface area contributed by atoms with Crippen molar-refractivity contribution < 1.29 is 9.59 Å². The summed E-state index contributed by atoms with van der Waals surface area (Å²) in [5.41, 5.74) is 1.75. The van der Waals surface area contributed by atoms with Gasteiger partial charge in [0.2, 0.25) is 11.8 Å². The van der Waals surface area contributed by atoms with Gasteiger partial charge in [0.25, 0.3) is 0 Å². The first kappa shape index (κ1) is 14.1. The molecule has 0 bridgehead atoms. The van der Waals surface area contributed by atoms with E-state index < -0.39 is 0 Å². The smallest absolute Gasteiger partial charge is 0.234 e. The molecule has 104 valence electrons. The number of amides is 2. The van der Waals surface area contributed by atoms with Crippen molar-refractivity contribution in [1.82, 2.24) is 15.1 Å². The number of aromatic nitrogens is 2. The molecular weight excluding hydrogens is 254 g/mol. The number of fused-ring (bicyclic) bond motifs is 1. The number of rotatable bonds is 1. The third kappa shape index (κ3) is 2.64. The van der Waals surface area contributed by atoms with E-state index >= 15 is 0 Å². The molecule has 20 heavy (non-hydrogen) atoms. The Morgan fingerprint density at radius 1 is 1.40 bits per heavy atom. The summed E-state index contributed by atoms with van der Waals surface area (Å²) >= 11 is 0. The monoisotopic (exact) mass is 271 g/mol. The molecule has 1 aromatic rings. The fourth-order valence-electron chi connectivity index (χ4n) is 2.28. The zero-order chi connectivity index (χ0) is 14.5. The van der Waals surface area contributed by atoms with Gasteiger partial charge >= 0.3 is 0 Å². The Kier molecular flexibility index (Phi) is 4.36. The molecule has 3 rings (SSSR count). The van der Waals surface area contributed by atoms with E-state index in [0.29, 0.717) is 19.4 Å². The normalized spacial score (nSPS) is 19.8. The highest BCUT2D eigenvalue weighted by Crippen LogP contribution is 2.28. The van der Waals surface area contributed by atoms with Gasteiger partial charge in [-0.15, -0.1) is 0 Å². The molecule has 1 atom stereocenters. The number of imide groups is 1. The minimum Gasteiger partial charge on any atom is -0.296 e. The Morgan fingerprint density at radius 2 is 2.20 bits per heavy atom. The minimum atomic E-state index is -0.297. The Morgan fingerprint density at radius 3 is 2.95 bits per heavy atom. The molecule has 0 radical (unpaired) electrons. The number of nitrogens with zero attached hydrogens (tertiary/aromatic N) is 2. The van der Waals surface area contributed by atoms with E-state index in [1.807, 2.05) is 19.9 Å². The van der Waals surface area contributed by atoms with Gasteiger partial charge in [-0.1, -0.05) is 25.7 Å². The van der Waals surface area contributed by atoms with Crippen molar-refractivity contribution in [3.63, 3.8) is 0 Å². The predicted octanol–water partition coefficient (Wildman–Crippen LogP) is 1.46. The summed E-state index contributed by atoms with van der Waals surface area (Å²) in [7, 11) is 0. The standard InChI is InChI=1S/C13H11N3O2.C2H6/c17-12-6-5-9(13(18)15-12)10-8-14-16-7-3-1-2-4-11(10)16;1-2/h2,4,8-9H,5-7H2,(H,15,17,18);1-2H3. The molecule has 2 aliphatic heterocycles. The summed E-state index contributed by atoms with van der Waals surface area (Å²) in [6.07, 6.45) is 6.24. The van der Waals surface area contributed by atoms with Gasteiger partial charge < -0.3 is 0 Å². The van der Waals surface area contributed by atoms with Crippen molar-refractivity contribution in [2.45, 2.75) is 39.2 Å². The van der Waals surface area contributed by atoms with Crippen LogP contribution in [0.1, 0.15) is 43.9 Å². The highest BCUT2D eigenvalue weighted by atomic mass is 16.2. The summed E-state index contributed by atoms with van der Waals surface area (Å²) in [6, 6.07) is 0. The van der Waals surface area contributed by atoms with E-state index in [9.17, 15) is 9.59 Å². The number of allylic oxidation sites excluding steroid dienone is 1. The van der Waals surface area contributed by atoms with E-state index in [1.165, 1.54) is 0 Å². The third-order valence-electron chi connectivity index (χ3n) is 3.18. The van der Waals surface area contributed by atoms with Crippen LogP contribution in [0.15, 0.2) is 12.3 Å². The maximum atomic E-state index is 11.9. The summed E-state index contributed by atoms with van der Waals surface area (Å²) in [5, 5.41) is 6.61. The first-order valence-corrected chi connectivity index (χ1v) is 6.80. The van der Waals surface area contributed by atoms with Gasteiger partial charge in [0.1, 0.15) is 6.54 Å². The number of carbonyl (C=O) groups excluding carboxylic acids is 2. The van der Waals surface area contributed by atoms with E-state index in [4.69, 9.17) is 0 Å². The van der Waals surface area contributed by atoms with Crippen LogP contribution in [-0.4, -0.2) is 21.6 Å². The molecule has 1 unspecified atom stereocenters. The van der Waals surface area contributed by atoms with Gasteiger partial charge in [0.15, 0.2) is 0 Å². The lowest BCUT2D eigenvalue weighted by molar-refractivity contribution is -0.134. The lowest BCUT2D eigenvalue weighted by Crippen LogP contribution is -2.39. The molecule has 5 heteroatoms.